The van der Waals surface area contributed by atoms with Gasteiger partial charge in [0, 0.05) is 44.2 Å². The van der Waals surface area contributed by atoms with Gasteiger partial charge in [-0.05, 0) is 24.1 Å². The van der Waals surface area contributed by atoms with E-state index in [0.29, 0.717) is 25.3 Å². The van der Waals surface area contributed by atoms with Crippen molar-refractivity contribution in [2.24, 2.45) is 0 Å². The first-order valence-electron chi connectivity index (χ1n) is 9.55. The summed E-state index contributed by atoms with van der Waals surface area (Å²) in [5.41, 5.74) is 1.86. The van der Waals surface area contributed by atoms with Crippen LogP contribution in [0.4, 0.5) is 5.82 Å². The molecule has 1 aromatic carbocycles. The summed E-state index contributed by atoms with van der Waals surface area (Å²) in [6, 6.07) is 13.8. The lowest BCUT2D eigenvalue weighted by Gasteiger charge is -2.38. The van der Waals surface area contributed by atoms with Gasteiger partial charge in [0.2, 0.25) is 0 Å². The van der Waals surface area contributed by atoms with E-state index in [-0.39, 0.29) is 5.91 Å². The van der Waals surface area contributed by atoms with Crippen LogP contribution in [-0.2, 0) is 15.9 Å². The maximum absolute atomic E-state index is 12.5. The number of nitrogens with one attached hydrogen (secondary N) is 1. The first kappa shape index (κ1) is 17.9. The fourth-order valence-corrected chi connectivity index (χ4v) is 3.66. The average Bonchev–Trinajstić information content (AvgIpc) is 3.17. The number of aromatic nitrogens is 1. The lowest BCUT2D eigenvalue weighted by molar-refractivity contribution is -0.169. The zero-order chi connectivity index (χ0) is 18.5. The van der Waals surface area contributed by atoms with Gasteiger partial charge in [-0.1, -0.05) is 30.3 Å². The molecule has 1 aromatic heterocycles. The molecule has 142 valence electrons. The fourth-order valence-electron chi connectivity index (χ4n) is 3.66. The summed E-state index contributed by atoms with van der Waals surface area (Å²) in [7, 11) is 0. The summed E-state index contributed by atoms with van der Waals surface area (Å²) in [5.74, 6) is 0.368. The van der Waals surface area contributed by atoms with E-state index >= 15 is 0 Å². The number of carbonyl (C=O) groups excluding carboxylic acids is 1. The summed E-state index contributed by atoms with van der Waals surface area (Å²) in [6.45, 7) is 3.59. The number of hydrogen-bond acceptors (Lipinski definition) is 5. The number of benzene rings is 1. The summed E-state index contributed by atoms with van der Waals surface area (Å²) in [6.07, 6.45) is 4.16. The minimum atomic E-state index is -0.400. The monoisotopic (exact) mass is 367 g/mol. The second-order valence-electron chi connectivity index (χ2n) is 6.99. The van der Waals surface area contributed by atoms with Crippen LogP contribution in [0.2, 0.25) is 0 Å². The molecule has 27 heavy (non-hydrogen) atoms. The Balaban J connectivity index is 1.32. The van der Waals surface area contributed by atoms with Gasteiger partial charge in [0.25, 0.3) is 5.91 Å². The van der Waals surface area contributed by atoms with E-state index in [9.17, 15) is 4.79 Å². The van der Waals surface area contributed by atoms with Crippen molar-refractivity contribution in [1.29, 1.82) is 0 Å². The number of anilines is 1. The highest BCUT2D eigenvalue weighted by atomic mass is 16.7. The molecule has 2 saturated heterocycles. The molecule has 0 saturated carbocycles. The van der Waals surface area contributed by atoms with Crippen molar-refractivity contribution >= 4 is 11.7 Å². The van der Waals surface area contributed by atoms with Gasteiger partial charge in [0.05, 0.1) is 13.2 Å². The predicted molar refractivity (Wildman–Crippen MR) is 103 cm³/mol. The van der Waals surface area contributed by atoms with Crippen molar-refractivity contribution in [2.45, 2.75) is 25.0 Å². The summed E-state index contributed by atoms with van der Waals surface area (Å²) in [4.78, 5) is 19.1. The Kier molecular flexibility index (Phi) is 5.36. The SMILES string of the molecule is O=C(NCCc1ccccc1)c1ccnc(N2CCC3(CC2)OCCO3)c1. The Hall–Kier alpha value is -2.44. The predicted octanol–water partition coefficient (Wildman–Crippen LogP) is 2.40. The van der Waals surface area contributed by atoms with E-state index in [2.05, 4.69) is 27.3 Å². The standard InChI is InChI=1S/C21H25N3O3/c25-20(23-10-6-17-4-2-1-3-5-17)18-7-11-22-19(16-18)24-12-8-21(9-13-24)26-14-15-27-21/h1-5,7,11,16H,6,8-10,12-15H2,(H,23,25). The van der Waals surface area contributed by atoms with Crippen molar-refractivity contribution in [3.8, 4) is 0 Å². The third-order valence-electron chi connectivity index (χ3n) is 5.21. The van der Waals surface area contributed by atoms with Crippen molar-refractivity contribution < 1.29 is 14.3 Å². The molecule has 1 N–H and O–H groups in total. The molecule has 1 amide bonds. The summed E-state index contributed by atoms with van der Waals surface area (Å²) in [5, 5.41) is 2.99. The summed E-state index contributed by atoms with van der Waals surface area (Å²) >= 11 is 0. The smallest absolute Gasteiger partial charge is 0.251 e. The van der Waals surface area contributed by atoms with Crippen LogP contribution in [0.15, 0.2) is 48.7 Å². The number of pyridine rings is 1. The topological polar surface area (TPSA) is 63.7 Å². The zero-order valence-corrected chi connectivity index (χ0v) is 15.4. The number of nitrogens with zero attached hydrogens (tertiary/aromatic N) is 2. The van der Waals surface area contributed by atoms with Crippen molar-refractivity contribution in [1.82, 2.24) is 10.3 Å². The quantitative estimate of drug-likeness (QED) is 0.879. The third kappa shape index (κ3) is 4.28. The van der Waals surface area contributed by atoms with Crippen molar-refractivity contribution in [3.63, 3.8) is 0 Å². The number of hydrogen-bond donors (Lipinski definition) is 1. The zero-order valence-electron chi connectivity index (χ0n) is 15.4. The maximum Gasteiger partial charge on any atom is 0.251 e. The lowest BCUT2D eigenvalue weighted by Crippen LogP contribution is -2.45. The minimum absolute atomic E-state index is 0.0643. The molecule has 2 aliphatic heterocycles. The van der Waals surface area contributed by atoms with E-state index in [4.69, 9.17) is 9.47 Å². The Bertz CT molecular complexity index is 765. The lowest BCUT2D eigenvalue weighted by atomic mass is 10.0. The van der Waals surface area contributed by atoms with Gasteiger partial charge >= 0.3 is 0 Å². The van der Waals surface area contributed by atoms with Gasteiger partial charge in [0.15, 0.2) is 5.79 Å². The molecule has 4 rings (SSSR count). The highest BCUT2D eigenvalue weighted by Gasteiger charge is 2.40. The van der Waals surface area contributed by atoms with Crippen LogP contribution in [-0.4, -0.2) is 49.5 Å². The number of piperidine rings is 1. The van der Waals surface area contributed by atoms with Crippen molar-refractivity contribution in [3.05, 3.63) is 59.8 Å². The molecule has 6 nitrogen and oxygen atoms in total. The molecular formula is C21H25N3O3. The van der Waals surface area contributed by atoms with E-state index in [1.807, 2.05) is 24.3 Å². The number of rotatable bonds is 5. The number of carbonyl (C=O) groups is 1. The molecule has 0 bridgehead atoms. The van der Waals surface area contributed by atoms with Gasteiger partial charge < -0.3 is 19.7 Å². The van der Waals surface area contributed by atoms with Gasteiger partial charge in [-0.3, -0.25) is 4.79 Å². The van der Waals surface area contributed by atoms with Crippen LogP contribution in [0.25, 0.3) is 0 Å². The van der Waals surface area contributed by atoms with Crippen LogP contribution in [0.5, 0.6) is 0 Å². The Morgan fingerprint density at radius 3 is 2.59 bits per heavy atom. The van der Waals surface area contributed by atoms with Gasteiger partial charge in [-0.2, -0.15) is 0 Å². The Morgan fingerprint density at radius 2 is 1.85 bits per heavy atom. The highest BCUT2D eigenvalue weighted by Crippen LogP contribution is 2.32. The normalized spacial score (nSPS) is 18.6. The third-order valence-corrected chi connectivity index (χ3v) is 5.21. The van der Waals surface area contributed by atoms with Crippen LogP contribution < -0.4 is 10.2 Å². The molecule has 2 aromatic rings. The van der Waals surface area contributed by atoms with Crippen LogP contribution >= 0.6 is 0 Å². The number of ether oxygens (including phenoxy) is 2. The van der Waals surface area contributed by atoms with Gasteiger partial charge in [0.1, 0.15) is 5.82 Å². The average molecular weight is 367 g/mol. The van der Waals surface area contributed by atoms with Crippen LogP contribution in [0.1, 0.15) is 28.8 Å². The molecular weight excluding hydrogens is 342 g/mol. The van der Waals surface area contributed by atoms with Crippen molar-refractivity contribution in [2.75, 3.05) is 37.7 Å². The molecule has 2 fully saturated rings. The molecule has 1 spiro atoms. The first-order chi connectivity index (χ1) is 13.2. The van der Waals surface area contributed by atoms with E-state index < -0.39 is 5.79 Å². The maximum atomic E-state index is 12.5. The van der Waals surface area contributed by atoms with E-state index in [1.165, 1.54) is 5.56 Å². The second kappa shape index (κ2) is 8.06. The second-order valence-corrected chi connectivity index (χ2v) is 6.99. The largest absolute Gasteiger partial charge is 0.356 e. The molecule has 3 heterocycles. The molecule has 2 aliphatic rings. The first-order valence-corrected chi connectivity index (χ1v) is 9.55. The minimum Gasteiger partial charge on any atom is -0.356 e. The molecule has 0 atom stereocenters. The molecule has 0 radical (unpaired) electrons. The van der Waals surface area contributed by atoms with Gasteiger partial charge in [-0.25, -0.2) is 4.98 Å². The molecule has 0 unspecified atom stereocenters. The van der Waals surface area contributed by atoms with Crippen LogP contribution in [0.3, 0.4) is 0 Å². The van der Waals surface area contributed by atoms with E-state index in [0.717, 1.165) is 38.2 Å². The Labute approximate surface area is 159 Å². The Morgan fingerprint density at radius 1 is 1.11 bits per heavy atom. The number of amides is 1. The fraction of sp³-hybridized carbons (Fsp3) is 0.429. The van der Waals surface area contributed by atoms with Crippen LogP contribution in [0, 0.1) is 0 Å². The van der Waals surface area contributed by atoms with Gasteiger partial charge in [-0.15, -0.1) is 0 Å². The summed E-state index contributed by atoms with van der Waals surface area (Å²) < 4.78 is 11.5. The molecule has 0 aliphatic carbocycles. The van der Waals surface area contributed by atoms with E-state index in [1.54, 1.807) is 12.3 Å². The molecule has 6 heteroatoms. The highest BCUT2D eigenvalue weighted by molar-refractivity contribution is 5.94.